The van der Waals surface area contributed by atoms with Gasteiger partial charge in [0, 0.05) is 47.0 Å². The molecule has 560 valence electrons. The smallest absolute Gasteiger partial charge is 0.394 e. The standard InChI is InChI=1S/C10H14Cl2N3O6P.C10H18N3O14P3.C10H16N3O13P3.C10H15N3O5/c1-4-2-15(10(18)14-8(4)13)9-7(17)6(16)5(21-9)3-20-22(11,12)19;1-4-2-13(10(16)12-8(4)11)9-7(15)6(14)5(25-9)3-24-29(20,21)27-30(22,23)26-28(17,18)19;1-4-2-13(10(16)12-8(4)11)9-7(15)6(14)5(23-9)3-22-29(21)25-27(17,18)24-28(19,20)26-29;1-4-2-13(10(17)12-8(4)11)9-7(16)6(15)5(3-14)18-9/h2,5-7,9,16-17H,3H2,1H3,(H2,13,14,18);2,5-7,9,14-15H,3H2,1H3,(H,20,21)(H,22,23)(H2,11,12,16)(H2,17,18,19);2,5-7,9,14-15H,3H2,1H3,(H,17,18)(H,19,20)(H2,11,12,16);2,5-7,9,14-16H,3H2,1H3,(H2,11,12,17)/t4*5-,6+,7?,9-/m1111/s1. The summed E-state index contributed by atoms with van der Waals surface area (Å²) in [6, 6.07) is 0. The van der Waals surface area contributed by atoms with Crippen LogP contribution in [0.5, 0.6) is 0 Å². The van der Waals surface area contributed by atoms with Crippen molar-refractivity contribution in [3.05, 3.63) is 89.0 Å². The Hall–Kier alpha value is -4.17. The topological polar surface area (TPSA) is 777 Å². The lowest BCUT2D eigenvalue weighted by molar-refractivity contribution is -0.0550. The van der Waals surface area contributed by atoms with Crippen molar-refractivity contribution >= 4 is 98.8 Å². The van der Waals surface area contributed by atoms with Gasteiger partial charge in [-0.15, -0.1) is 0 Å². The summed E-state index contributed by atoms with van der Waals surface area (Å²) in [5, 5.41) is 88.7. The summed E-state index contributed by atoms with van der Waals surface area (Å²) in [7, 11) is -32.3. The molecule has 99 heavy (non-hydrogen) atoms. The van der Waals surface area contributed by atoms with Crippen molar-refractivity contribution in [1.29, 1.82) is 0 Å². The Balaban J connectivity index is 0.000000212. The first-order valence-corrected chi connectivity index (χ1v) is 39.2. The SMILES string of the molecule is Cc1cn([C@@H]2O[C@H](CO)[C@H](O)C2O)c(=O)nc1N.Cc1cn([C@@H]2O[C@H](COP(=O)(Cl)Cl)[C@H](O)C2O)c(=O)nc1N.Cc1cn([C@@H]2O[C@H](COP(=O)(O)OP(=O)(O)OP(=O)(O)O)[C@H](O)C2O)c(=O)nc1N.Cc1cn([C@@H]2O[C@H](COP3(=O)OP(=O)(O)OP(=O)(O)O3)[C@H](O)C2O)c(=O)nc1N. The molecule has 9 heterocycles. The number of aliphatic hydroxyl groups excluding tert-OH is 9. The minimum Gasteiger partial charge on any atom is -0.394 e. The molecule has 59 heteroatoms. The molecule has 23 N–H and O–H groups in total. The molecular weight excluding hydrogens is 1540 g/mol. The third kappa shape index (κ3) is 22.0. The lowest BCUT2D eigenvalue weighted by Gasteiger charge is -2.27. The minimum atomic E-state index is -5.72. The second-order valence-electron chi connectivity index (χ2n) is 20.9. The van der Waals surface area contributed by atoms with E-state index < -0.39 is 200 Å². The highest BCUT2D eigenvalue weighted by molar-refractivity contribution is 8.05. The highest BCUT2D eigenvalue weighted by Crippen LogP contribution is 2.80. The van der Waals surface area contributed by atoms with Gasteiger partial charge in [-0.2, -0.15) is 41.5 Å². The maximum Gasteiger partial charge on any atom is 0.492 e. The predicted molar refractivity (Wildman–Crippen MR) is 323 cm³/mol. The quantitative estimate of drug-likeness (QED) is 0.0417. The molecule has 0 aromatic carbocycles. The zero-order chi connectivity index (χ0) is 74.9. The van der Waals surface area contributed by atoms with Crippen molar-refractivity contribution < 1.29 is 161 Å². The molecule has 4 aromatic heterocycles. The van der Waals surface area contributed by atoms with Gasteiger partial charge < -0.3 is 122 Å². The Morgan fingerprint density at radius 3 is 1.03 bits per heavy atom. The first kappa shape index (κ1) is 83.8. The number of nitrogens with zero attached hydrogens (tertiary/aromatic N) is 8. The number of hydrogen-bond acceptors (Lipinski definition) is 40. The normalized spacial score (nSPS) is 33.5. The second-order valence-corrected chi connectivity index (χ2v) is 34.6. The molecule has 4 aromatic rings. The number of hydrogen-bond donors (Lipinski definition) is 19. The number of halogens is 2. The molecule has 5 saturated heterocycles. The number of nitrogen functional groups attached to an aromatic ring is 4. The summed E-state index contributed by atoms with van der Waals surface area (Å²) < 4.78 is 137. The fourth-order valence-electron chi connectivity index (χ4n) is 8.72. The predicted octanol–water partition coefficient (Wildman–Crippen LogP) is -4.66. The van der Waals surface area contributed by atoms with Gasteiger partial charge in [-0.3, -0.25) is 31.9 Å². The van der Waals surface area contributed by atoms with Crippen LogP contribution in [0.1, 0.15) is 47.2 Å². The molecule has 20 atom stereocenters. The number of phosphoric ester groups is 1. The summed E-state index contributed by atoms with van der Waals surface area (Å²) in [5.41, 5.74) is 20.5. The van der Waals surface area contributed by atoms with E-state index in [9.17, 15) is 107 Å². The summed E-state index contributed by atoms with van der Waals surface area (Å²) in [6.07, 6.45) is -21.1. The summed E-state index contributed by atoms with van der Waals surface area (Å²) in [4.78, 5) is 115. The molecule has 0 radical (unpaired) electrons. The van der Waals surface area contributed by atoms with Crippen LogP contribution >= 0.6 is 75.5 Å². The molecule has 5 fully saturated rings. The van der Waals surface area contributed by atoms with Crippen LogP contribution in [0.15, 0.2) is 44.0 Å². The van der Waals surface area contributed by atoms with Crippen LogP contribution < -0.4 is 45.7 Å². The van der Waals surface area contributed by atoms with Crippen LogP contribution in [-0.4, -0.2) is 213 Å². The second kappa shape index (κ2) is 32.5. The van der Waals surface area contributed by atoms with E-state index in [4.69, 9.17) is 84.2 Å². The molecule has 9 rings (SSSR count). The number of phosphoric acid groups is 6. The van der Waals surface area contributed by atoms with Crippen LogP contribution in [0.3, 0.4) is 0 Å². The summed E-state index contributed by atoms with van der Waals surface area (Å²) in [5.74, 6) is 0.0313. The van der Waals surface area contributed by atoms with Gasteiger partial charge in [0.15, 0.2) is 24.9 Å². The Bertz CT molecular complexity index is 4180. The summed E-state index contributed by atoms with van der Waals surface area (Å²) in [6.45, 7) is 3.51. The number of ether oxygens (including phenoxy) is 4. The lowest BCUT2D eigenvalue weighted by Crippen LogP contribution is -2.36. The Kier molecular flexibility index (Phi) is 27.5. The molecule has 5 aliphatic heterocycles. The van der Waals surface area contributed by atoms with Crippen LogP contribution in [0.25, 0.3) is 0 Å². The first-order valence-electron chi connectivity index (χ1n) is 26.8. The fraction of sp³-hybridized carbons (Fsp3) is 0.600. The van der Waals surface area contributed by atoms with Crippen molar-refractivity contribution in [3.8, 4) is 0 Å². The van der Waals surface area contributed by atoms with Crippen molar-refractivity contribution in [3.63, 3.8) is 0 Å². The highest BCUT2D eigenvalue weighted by Gasteiger charge is 2.56. The van der Waals surface area contributed by atoms with E-state index in [0.29, 0.717) is 22.3 Å². The number of nitrogens with two attached hydrogens (primary N) is 4. The van der Waals surface area contributed by atoms with Gasteiger partial charge in [-0.1, -0.05) is 0 Å². The molecule has 8 unspecified atom stereocenters. The fourth-order valence-corrected chi connectivity index (χ4v) is 17.3. The number of rotatable bonds is 18. The minimum absolute atomic E-state index is 0.0482. The Morgan fingerprint density at radius 1 is 0.465 bits per heavy atom. The third-order valence-corrected chi connectivity index (χ3v) is 23.7. The van der Waals surface area contributed by atoms with Crippen LogP contribution in [0, 0.1) is 27.7 Å². The first-order chi connectivity index (χ1) is 45.3. The largest absolute Gasteiger partial charge is 0.492 e. The zero-order valence-electron chi connectivity index (χ0n) is 50.2. The number of anilines is 4. The van der Waals surface area contributed by atoms with E-state index in [0.717, 1.165) is 18.3 Å². The van der Waals surface area contributed by atoms with Crippen molar-refractivity contribution in [2.45, 2.75) is 126 Å². The number of aliphatic hydroxyl groups is 9. The highest BCUT2D eigenvalue weighted by atomic mass is 35.9. The van der Waals surface area contributed by atoms with Gasteiger partial charge in [0.25, 0.3) is 0 Å². The van der Waals surface area contributed by atoms with E-state index >= 15 is 0 Å². The van der Waals surface area contributed by atoms with Crippen LogP contribution in [0.4, 0.5) is 23.3 Å². The van der Waals surface area contributed by atoms with Crippen molar-refractivity contribution in [2.24, 2.45) is 0 Å². The Labute approximate surface area is 560 Å². The molecular formula is C40H63Cl2N12O38P7. The van der Waals surface area contributed by atoms with Crippen molar-refractivity contribution in [2.75, 3.05) is 49.4 Å². The van der Waals surface area contributed by atoms with Crippen molar-refractivity contribution in [1.82, 2.24) is 38.2 Å². The molecule has 50 nitrogen and oxygen atoms in total. The summed E-state index contributed by atoms with van der Waals surface area (Å²) >= 11 is 10.5. The average molecular weight is 1610 g/mol. The van der Waals surface area contributed by atoms with Gasteiger partial charge in [0.05, 0.1) is 26.4 Å². The van der Waals surface area contributed by atoms with Crippen LogP contribution in [-0.2, 0) is 86.0 Å². The van der Waals surface area contributed by atoms with E-state index in [1.165, 1.54) is 38.6 Å². The van der Waals surface area contributed by atoms with E-state index in [2.05, 4.69) is 55.1 Å². The van der Waals surface area contributed by atoms with Gasteiger partial charge >= 0.3 is 75.8 Å². The monoisotopic (exact) mass is 1610 g/mol. The van der Waals surface area contributed by atoms with E-state index in [-0.39, 0.29) is 23.3 Å². The average Bonchev–Trinajstić information content (AvgIpc) is 1.33. The molecule has 0 amide bonds. The van der Waals surface area contributed by atoms with E-state index in [1.807, 2.05) is 0 Å². The van der Waals surface area contributed by atoms with Gasteiger partial charge in [0.2, 0.25) is 0 Å². The molecule has 0 aliphatic carbocycles. The van der Waals surface area contributed by atoms with E-state index in [1.54, 1.807) is 13.8 Å². The maximum absolute atomic E-state index is 12.2. The van der Waals surface area contributed by atoms with Crippen LogP contribution in [0.2, 0.25) is 0 Å². The Morgan fingerprint density at radius 2 is 0.747 bits per heavy atom. The maximum atomic E-state index is 12.2. The van der Waals surface area contributed by atoms with Gasteiger partial charge in [0.1, 0.15) is 96.5 Å². The molecule has 0 bridgehead atoms. The zero-order valence-corrected chi connectivity index (χ0v) is 58.0. The lowest BCUT2D eigenvalue weighted by atomic mass is 10.1. The molecule has 0 saturated carbocycles. The molecule has 5 aliphatic rings. The molecule has 0 spiro atoms. The van der Waals surface area contributed by atoms with Gasteiger partial charge in [-0.05, 0) is 50.2 Å². The number of aromatic nitrogens is 8. The van der Waals surface area contributed by atoms with Gasteiger partial charge in [-0.25, -0.2) is 46.6 Å². The third-order valence-electron chi connectivity index (χ3n) is 13.5. The number of aryl methyl sites for hydroxylation is 4.